The smallest absolute Gasteiger partial charge is 0.237 e. The predicted molar refractivity (Wildman–Crippen MR) is 76.4 cm³/mol. The topological polar surface area (TPSA) is 64.4 Å². The van der Waals surface area contributed by atoms with Crippen LogP contribution in [-0.2, 0) is 22.7 Å². The normalized spacial score (nSPS) is 13.8. The molecule has 0 spiro atoms. The van der Waals surface area contributed by atoms with Crippen LogP contribution in [0.2, 0.25) is 0 Å². The quantitative estimate of drug-likeness (QED) is 0.803. The minimum absolute atomic E-state index is 0.132. The van der Waals surface area contributed by atoms with Gasteiger partial charge in [0, 0.05) is 19.2 Å². The largest absolute Gasteiger partial charge is 0.380 e. The number of rotatable bonds is 7. The summed E-state index contributed by atoms with van der Waals surface area (Å²) in [6.07, 6.45) is 0.850. The predicted octanol–water partition coefficient (Wildman–Crippen LogP) is 1.96. The summed E-state index contributed by atoms with van der Waals surface area (Å²) in [6, 6.07) is 4.20. The second-order valence-electron chi connectivity index (χ2n) is 4.99. The van der Waals surface area contributed by atoms with E-state index in [1.807, 2.05) is 13.8 Å². The lowest BCUT2D eigenvalue weighted by molar-refractivity contribution is -0.123. The van der Waals surface area contributed by atoms with E-state index < -0.39 is 6.04 Å². The zero-order valence-electron chi connectivity index (χ0n) is 12.3. The number of nitrogens with one attached hydrogen (secondary N) is 1. The number of nitrogens with two attached hydrogens (primary N) is 1. The molecule has 2 atom stereocenters. The molecule has 0 aliphatic heterocycles. The van der Waals surface area contributed by atoms with Crippen LogP contribution in [0.4, 0.5) is 4.39 Å². The van der Waals surface area contributed by atoms with E-state index in [1.54, 1.807) is 12.1 Å². The van der Waals surface area contributed by atoms with Crippen LogP contribution in [0.5, 0.6) is 0 Å². The maximum absolute atomic E-state index is 13.4. The van der Waals surface area contributed by atoms with Crippen LogP contribution in [0.1, 0.15) is 31.4 Å². The minimum atomic E-state index is -0.515. The zero-order chi connectivity index (χ0) is 15.1. The van der Waals surface area contributed by atoms with E-state index >= 15 is 0 Å². The summed E-state index contributed by atoms with van der Waals surface area (Å²) < 4.78 is 18.4. The Morgan fingerprint density at radius 2 is 2.20 bits per heavy atom. The number of carbonyl (C=O) groups is 1. The molecule has 1 amide bonds. The molecule has 0 saturated carbocycles. The molecule has 3 N–H and O–H groups in total. The van der Waals surface area contributed by atoms with Crippen LogP contribution >= 0.6 is 0 Å². The van der Waals surface area contributed by atoms with Crippen molar-refractivity contribution in [3.63, 3.8) is 0 Å². The molecule has 5 heteroatoms. The van der Waals surface area contributed by atoms with Gasteiger partial charge in [-0.15, -0.1) is 0 Å². The van der Waals surface area contributed by atoms with Crippen LogP contribution < -0.4 is 11.1 Å². The van der Waals surface area contributed by atoms with Gasteiger partial charge < -0.3 is 15.8 Å². The van der Waals surface area contributed by atoms with Crippen LogP contribution in [-0.4, -0.2) is 19.1 Å². The number of halogens is 1. The van der Waals surface area contributed by atoms with Gasteiger partial charge in [-0.3, -0.25) is 4.79 Å². The van der Waals surface area contributed by atoms with Gasteiger partial charge >= 0.3 is 0 Å². The monoisotopic (exact) mass is 282 g/mol. The Morgan fingerprint density at radius 3 is 2.80 bits per heavy atom. The standard InChI is InChI=1S/C15H23FN2O2/c1-4-10(2)14(17)15(19)18-8-11-5-6-13(16)12(7-11)9-20-3/h5-7,10,14H,4,8-9,17H2,1-3H3,(H,18,19). The molecule has 0 aromatic heterocycles. The van der Waals surface area contributed by atoms with Gasteiger partial charge in [0.1, 0.15) is 5.82 Å². The fraction of sp³-hybridized carbons (Fsp3) is 0.533. The van der Waals surface area contributed by atoms with Crippen molar-refractivity contribution in [1.29, 1.82) is 0 Å². The van der Waals surface area contributed by atoms with Gasteiger partial charge in [0.25, 0.3) is 0 Å². The molecule has 0 saturated heterocycles. The molecule has 4 nitrogen and oxygen atoms in total. The molecule has 0 radical (unpaired) electrons. The fourth-order valence-electron chi connectivity index (χ4n) is 1.82. The molecular formula is C15H23FN2O2. The Kier molecular flexibility index (Phi) is 6.61. The van der Waals surface area contributed by atoms with Crippen molar-refractivity contribution in [1.82, 2.24) is 5.32 Å². The summed E-state index contributed by atoms with van der Waals surface area (Å²) in [5, 5.41) is 2.78. The summed E-state index contributed by atoms with van der Waals surface area (Å²) in [5.74, 6) is -0.359. The summed E-state index contributed by atoms with van der Waals surface area (Å²) in [4.78, 5) is 11.9. The maximum Gasteiger partial charge on any atom is 0.237 e. The molecule has 0 heterocycles. The van der Waals surface area contributed by atoms with E-state index in [1.165, 1.54) is 13.2 Å². The first kappa shape index (κ1) is 16.6. The third-order valence-electron chi connectivity index (χ3n) is 3.44. The van der Waals surface area contributed by atoms with Crippen molar-refractivity contribution in [2.45, 2.75) is 39.5 Å². The average Bonchev–Trinajstić information content (AvgIpc) is 2.46. The van der Waals surface area contributed by atoms with Crippen molar-refractivity contribution in [2.24, 2.45) is 11.7 Å². The molecule has 1 aromatic rings. The summed E-state index contributed by atoms with van der Waals surface area (Å²) in [6.45, 7) is 4.48. The molecule has 0 aliphatic carbocycles. The van der Waals surface area contributed by atoms with Crippen molar-refractivity contribution < 1.29 is 13.9 Å². The van der Waals surface area contributed by atoms with Crippen molar-refractivity contribution in [3.8, 4) is 0 Å². The lowest BCUT2D eigenvalue weighted by atomic mass is 9.99. The first-order valence-electron chi connectivity index (χ1n) is 6.79. The molecule has 112 valence electrons. The number of ether oxygens (including phenoxy) is 1. The molecule has 2 unspecified atom stereocenters. The van der Waals surface area contributed by atoms with Gasteiger partial charge in [-0.2, -0.15) is 0 Å². The number of amides is 1. The lowest BCUT2D eigenvalue weighted by Gasteiger charge is -2.17. The van der Waals surface area contributed by atoms with E-state index in [-0.39, 0.29) is 24.2 Å². The number of methoxy groups -OCH3 is 1. The van der Waals surface area contributed by atoms with Crippen LogP contribution in [0, 0.1) is 11.7 Å². The van der Waals surface area contributed by atoms with Crippen molar-refractivity contribution >= 4 is 5.91 Å². The number of carbonyl (C=O) groups excluding carboxylic acids is 1. The van der Waals surface area contributed by atoms with E-state index in [0.29, 0.717) is 12.1 Å². The van der Waals surface area contributed by atoms with E-state index in [9.17, 15) is 9.18 Å². The van der Waals surface area contributed by atoms with E-state index in [2.05, 4.69) is 5.32 Å². The lowest BCUT2D eigenvalue weighted by Crippen LogP contribution is -2.44. The second-order valence-corrected chi connectivity index (χ2v) is 4.99. The molecule has 1 aromatic carbocycles. The van der Waals surface area contributed by atoms with Crippen LogP contribution in [0.3, 0.4) is 0 Å². The minimum Gasteiger partial charge on any atom is -0.380 e. The summed E-state index contributed by atoms with van der Waals surface area (Å²) in [5.41, 5.74) is 7.14. The Bertz CT molecular complexity index is 451. The molecule has 0 bridgehead atoms. The Labute approximate surface area is 119 Å². The SMILES string of the molecule is CCC(C)C(N)C(=O)NCc1ccc(F)c(COC)c1. The van der Waals surface area contributed by atoms with Crippen molar-refractivity contribution in [2.75, 3.05) is 7.11 Å². The Hall–Kier alpha value is -1.46. The second kappa shape index (κ2) is 7.97. The average molecular weight is 282 g/mol. The Balaban J connectivity index is 2.61. The summed E-state index contributed by atoms with van der Waals surface area (Å²) >= 11 is 0. The van der Waals surface area contributed by atoms with E-state index in [4.69, 9.17) is 10.5 Å². The third-order valence-corrected chi connectivity index (χ3v) is 3.44. The molecule has 0 fully saturated rings. The van der Waals surface area contributed by atoms with Crippen LogP contribution in [0.25, 0.3) is 0 Å². The van der Waals surface area contributed by atoms with Gasteiger partial charge in [0.15, 0.2) is 0 Å². The van der Waals surface area contributed by atoms with Gasteiger partial charge in [0.05, 0.1) is 12.6 Å². The Morgan fingerprint density at radius 1 is 1.50 bits per heavy atom. The first-order chi connectivity index (χ1) is 9.49. The molecular weight excluding hydrogens is 259 g/mol. The van der Waals surface area contributed by atoms with Gasteiger partial charge in [0.2, 0.25) is 5.91 Å². The summed E-state index contributed by atoms with van der Waals surface area (Å²) in [7, 11) is 1.51. The highest BCUT2D eigenvalue weighted by atomic mass is 19.1. The number of benzene rings is 1. The van der Waals surface area contributed by atoms with E-state index in [0.717, 1.165) is 12.0 Å². The van der Waals surface area contributed by atoms with Gasteiger partial charge in [-0.05, 0) is 23.6 Å². The highest BCUT2D eigenvalue weighted by Crippen LogP contribution is 2.12. The van der Waals surface area contributed by atoms with Gasteiger partial charge in [-0.25, -0.2) is 4.39 Å². The highest BCUT2D eigenvalue weighted by Gasteiger charge is 2.18. The molecule has 1 rings (SSSR count). The third kappa shape index (κ3) is 4.58. The highest BCUT2D eigenvalue weighted by molar-refractivity contribution is 5.81. The van der Waals surface area contributed by atoms with Crippen molar-refractivity contribution in [3.05, 3.63) is 35.1 Å². The molecule has 0 aliphatic rings. The fourth-order valence-corrected chi connectivity index (χ4v) is 1.82. The van der Waals surface area contributed by atoms with Gasteiger partial charge in [-0.1, -0.05) is 26.3 Å². The zero-order valence-corrected chi connectivity index (χ0v) is 12.3. The first-order valence-corrected chi connectivity index (χ1v) is 6.79. The number of hydrogen-bond acceptors (Lipinski definition) is 3. The maximum atomic E-state index is 13.4. The van der Waals surface area contributed by atoms with Crippen LogP contribution in [0.15, 0.2) is 18.2 Å². The number of hydrogen-bond donors (Lipinski definition) is 2. The molecule has 20 heavy (non-hydrogen) atoms.